The fraction of sp³-hybridized carbons (Fsp3) is 0.0714. The van der Waals surface area contributed by atoms with E-state index in [0.29, 0.717) is 0 Å². The molecule has 102 valence electrons. The number of hydrogen-bond donors (Lipinski definition) is 0. The van der Waals surface area contributed by atoms with Gasteiger partial charge in [-0.1, -0.05) is 29.3 Å². The molecule has 0 aliphatic rings. The molecule has 0 radical (unpaired) electrons. The van der Waals surface area contributed by atoms with Gasteiger partial charge >= 0.3 is 5.97 Å². The van der Waals surface area contributed by atoms with Crippen molar-refractivity contribution in [2.45, 2.75) is 0 Å². The van der Waals surface area contributed by atoms with Crippen molar-refractivity contribution in [1.82, 2.24) is 4.98 Å². The highest BCUT2D eigenvalue weighted by Gasteiger charge is 2.21. The van der Waals surface area contributed by atoms with Gasteiger partial charge in [0.05, 0.1) is 22.7 Å². The van der Waals surface area contributed by atoms with E-state index < -0.39 is 11.8 Å². The number of hydrogen-bond acceptors (Lipinski definition) is 4. The van der Waals surface area contributed by atoms with Crippen LogP contribution in [0.1, 0.15) is 26.4 Å². The number of benzene rings is 1. The molecule has 0 saturated carbocycles. The molecule has 1 heterocycles. The van der Waals surface area contributed by atoms with E-state index in [-0.39, 0.29) is 26.9 Å². The third kappa shape index (κ3) is 2.81. The van der Waals surface area contributed by atoms with Crippen molar-refractivity contribution in [2.24, 2.45) is 0 Å². The highest BCUT2D eigenvalue weighted by molar-refractivity contribution is 6.42. The Morgan fingerprint density at radius 2 is 1.75 bits per heavy atom. The second kappa shape index (κ2) is 6.03. The molecule has 0 fully saturated rings. The summed E-state index contributed by atoms with van der Waals surface area (Å²) in [5.74, 6) is -1.09. The molecule has 0 aliphatic carbocycles. The van der Waals surface area contributed by atoms with E-state index in [9.17, 15) is 9.59 Å². The number of ether oxygens (including phenoxy) is 1. The average molecular weight is 310 g/mol. The van der Waals surface area contributed by atoms with Gasteiger partial charge in [-0.25, -0.2) is 4.79 Å². The van der Waals surface area contributed by atoms with Gasteiger partial charge in [-0.15, -0.1) is 0 Å². The summed E-state index contributed by atoms with van der Waals surface area (Å²) in [7, 11) is 1.22. The van der Waals surface area contributed by atoms with Crippen molar-refractivity contribution in [3.05, 3.63) is 63.4 Å². The molecule has 0 saturated heterocycles. The van der Waals surface area contributed by atoms with E-state index in [4.69, 9.17) is 23.2 Å². The summed E-state index contributed by atoms with van der Waals surface area (Å²) >= 11 is 11.8. The number of nitrogens with zero attached hydrogens (tertiary/aromatic N) is 1. The van der Waals surface area contributed by atoms with E-state index >= 15 is 0 Å². The highest BCUT2D eigenvalue weighted by Crippen LogP contribution is 2.27. The molecule has 1 aromatic heterocycles. The molecule has 0 atom stereocenters. The van der Waals surface area contributed by atoms with Crippen LogP contribution in [-0.2, 0) is 4.74 Å². The van der Waals surface area contributed by atoms with Gasteiger partial charge in [-0.05, 0) is 24.3 Å². The monoisotopic (exact) mass is 309 g/mol. The SMILES string of the molecule is COC(=O)c1cc(Cl)c(Cl)cc1C(=O)c1ccccn1. The lowest BCUT2D eigenvalue weighted by Crippen LogP contribution is -2.12. The van der Waals surface area contributed by atoms with Crippen LogP contribution in [-0.4, -0.2) is 23.8 Å². The van der Waals surface area contributed by atoms with Crippen LogP contribution >= 0.6 is 23.2 Å². The topological polar surface area (TPSA) is 56.3 Å². The van der Waals surface area contributed by atoms with Gasteiger partial charge in [0.15, 0.2) is 0 Å². The van der Waals surface area contributed by atoms with Gasteiger partial charge in [-0.2, -0.15) is 0 Å². The lowest BCUT2D eigenvalue weighted by Gasteiger charge is -2.08. The first kappa shape index (κ1) is 14.5. The van der Waals surface area contributed by atoms with Crippen LogP contribution in [0.4, 0.5) is 0 Å². The van der Waals surface area contributed by atoms with Gasteiger partial charge in [0.1, 0.15) is 5.69 Å². The number of ketones is 1. The molecule has 0 spiro atoms. The van der Waals surface area contributed by atoms with Crippen molar-refractivity contribution in [3.8, 4) is 0 Å². The highest BCUT2D eigenvalue weighted by atomic mass is 35.5. The standard InChI is InChI=1S/C14H9Cl2NO3/c1-20-14(19)9-7-11(16)10(15)6-8(9)13(18)12-4-2-3-5-17-12/h2-7H,1H3. The van der Waals surface area contributed by atoms with Crippen molar-refractivity contribution in [1.29, 1.82) is 0 Å². The maximum absolute atomic E-state index is 12.4. The Bertz CT molecular complexity index is 672. The normalized spacial score (nSPS) is 10.2. The first-order chi connectivity index (χ1) is 9.54. The minimum absolute atomic E-state index is 0.0533. The number of methoxy groups -OCH3 is 1. The second-order valence-electron chi connectivity index (χ2n) is 3.85. The Morgan fingerprint density at radius 3 is 2.30 bits per heavy atom. The third-order valence-electron chi connectivity index (χ3n) is 2.61. The molecular formula is C14H9Cl2NO3. The molecule has 2 aromatic rings. The average Bonchev–Trinajstić information content (AvgIpc) is 2.49. The van der Waals surface area contributed by atoms with Crippen molar-refractivity contribution >= 4 is 35.0 Å². The summed E-state index contributed by atoms with van der Waals surface area (Å²) < 4.78 is 4.64. The van der Waals surface area contributed by atoms with Gasteiger partial charge in [0.25, 0.3) is 0 Å². The van der Waals surface area contributed by atoms with E-state index in [1.165, 1.54) is 25.4 Å². The van der Waals surface area contributed by atoms with Gasteiger partial charge < -0.3 is 4.74 Å². The Hall–Kier alpha value is -1.91. The number of aromatic nitrogens is 1. The summed E-state index contributed by atoms with van der Waals surface area (Å²) in [6, 6.07) is 7.56. The molecule has 0 bridgehead atoms. The van der Waals surface area contributed by atoms with Crippen LogP contribution in [0.3, 0.4) is 0 Å². The van der Waals surface area contributed by atoms with Crippen LogP contribution in [0.5, 0.6) is 0 Å². The number of halogens is 2. The van der Waals surface area contributed by atoms with Crippen LogP contribution < -0.4 is 0 Å². The Kier molecular flexibility index (Phi) is 4.37. The number of carbonyl (C=O) groups excluding carboxylic acids is 2. The molecule has 0 N–H and O–H groups in total. The molecule has 0 aliphatic heterocycles. The minimum atomic E-state index is -0.664. The van der Waals surface area contributed by atoms with Crippen LogP contribution in [0, 0.1) is 0 Å². The number of pyridine rings is 1. The zero-order valence-corrected chi connectivity index (χ0v) is 11.9. The van der Waals surface area contributed by atoms with Crippen molar-refractivity contribution in [3.63, 3.8) is 0 Å². The predicted molar refractivity (Wildman–Crippen MR) is 75.5 cm³/mol. The zero-order chi connectivity index (χ0) is 14.7. The fourth-order valence-electron chi connectivity index (χ4n) is 1.65. The maximum atomic E-state index is 12.4. The molecular weight excluding hydrogens is 301 g/mol. The van der Waals surface area contributed by atoms with Crippen LogP contribution in [0.15, 0.2) is 36.5 Å². The Balaban J connectivity index is 2.58. The lowest BCUT2D eigenvalue weighted by atomic mass is 10.0. The maximum Gasteiger partial charge on any atom is 0.338 e. The van der Waals surface area contributed by atoms with Crippen LogP contribution in [0.25, 0.3) is 0 Å². The fourth-order valence-corrected chi connectivity index (χ4v) is 1.98. The summed E-state index contributed by atoms with van der Waals surface area (Å²) in [4.78, 5) is 28.1. The quantitative estimate of drug-likeness (QED) is 0.644. The predicted octanol–water partition coefficient (Wildman–Crippen LogP) is 3.41. The lowest BCUT2D eigenvalue weighted by molar-refractivity contribution is 0.0597. The summed E-state index contributed by atoms with van der Waals surface area (Å²) in [6.07, 6.45) is 1.49. The molecule has 2 rings (SSSR count). The molecule has 0 amide bonds. The van der Waals surface area contributed by atoms with E-state index in [1.54, 1.807) is 18.2 Å². The Labute approximate surface area is 125 Å². The summed E-state index contributed by atoms with van der Waals surface area (Å²) in [6.45, 7) is 0. The molecule has 4 nitrogen and oxygen atoms in total. The third-order valence-corrected chi connectivity index (χ3v) is 3.33. The van der Waals surface area contributed by atoms with Crippen LogP contribution in [0.2, 0.25) is 10.0 Å². The number of carbonyl (C=O) groups is 2. The number of esters is 1. The first-order valence-electron chi connectivity index (χ1n) is 5.57. The van der Waals surface area contributed by atoms with E-state index in [1.807, 2.05) is 0 Å². The summed E-state index contributed by atoms with van der Waals surface area (Å²) in [5, 5.41) is 0.350. The second-order valence-corrected chi connectivity index (χ2v) is 4.66. The zero-order valence-electron chi connectivity index (χ0n) is 10.4. The van der Waals surface area contributed by atoms with E-state index in [0.717, 1.165) is 0 Å². The molecule has 20 heavy (non-hydrogen) atoms. The molecule has 1 aromatic carbocycles. The molecule has 6 heteroatoms. The largest absolute Gasteiger partial charge is 0.465 e. The van der Waals surface area contributed by atoms with Gasteiger partial charge in [0.2, 0.25) is 5.78 Å². The van der Waals surface area contributed by atoms with E-state index in [2.05, 4.69) is 9.72 Å². The minimum Gasteiger partial charge on any atom is -0.465 e. The first-order valence-corrected chi connectivity index (χ1v) is 6.33. The molecule has 0 unspecified atom stereocenters. The van der Waals surface area contributed by atoms with Gasteiger partial charge in [-0.3, -0.25) is 9.78 Å². The Morgan fingerprint density at radius 1 is 1.10 bits per heavy atom. The smallest absolute Gasteiger partial charge is 0.338 e. The summed E-state index contributed by atoms with van der Waals surface area (Å²) in [5.41, 5.74) is 0.360. The van der Waals surface area contributed by atoms with Gasteiger partial charge in [0, 0.05) is 11.8 Å². The van der Waals surface area contributed by atoms with Crippen molar-refractivity contribution < 1.29 is 14.3 Å². The van der Waals surface area contributed by atoms with Crippen molar-refractivity contribution in [2.75, 3.05) is 7.11 Å². The number of rotatable bonds is 3.